The smallest absolute Gasteiger partial charge is 0.306 e. The highest BCUT2D eigenvalue weighted by molar-refractivity contribution is 7.45. The average Bonchev–Trinajstić information content (AvgIpc) is 3.15. The molecule has 0 aromatic heterocycles. The van der Waals surface area contributed by atoms with Crippen molar-refractivity contribution in [2.45, 2.75) is 245 Å². The molecule has 0 rings (SSSR count). The maximum Gasteiger partial charge on any atom is 0.306 e. The normalized spacial score (nSPS) is 13.6. The standard InChI is InChI=1S/C47H96NO7P/c1-6-8-10-12-14-16-17-18-19-20-21-22-23-24-25-26-27-28-29-30-31-32-33-35-37-39-42-52-44-46(45-54-56(50,51)53-43-41-48(3,4)5)55-47(49)40-38-36-34-15-13-11-9-7-2/h46H,6-45H2,1-5H3. The Balaban J connectivity index is 3.88. The zero-order valence-electron chi connectivity index (χ0n) is 38.1. The van der Waals surface area contributed by atoms with Crippen molar-refractivity contribution in [2.75, 3.05) is 54.1 Å². The molecule has 0 heterocycles. The van der Waals surface area contributed by atoms with Crippen molar-refractivity contribution in [3.05, 3.63) is 0 Å². The van der Waals surface area contributed by atoms with Crippen molar-refractivity contribution in [2.24, 2.45) is 0 Å². The van der Waals surface area contributed by atoms with Crippen LogP contribution < -0.4 is 4.89 Å². The molecule has 0 fully saturated rings. The number of esters is 1. The quantitative estimate of drug-likeness (QED) is 0.0261. The highest BCUT2D eigenvalue weighted by atomic mass is 31.2. The molecule has 336 valence electrons. The van der Waals surface area contributed by atoms with Gasteiger partial charge in [-0.2, -0.15) is 0 Å². The summed E-state index contributed by atoms with van der Waals surface area (Å²) >= 11 is 0. The van der Waals surface area contributed by atoms with E-state index in [0.29, 0.717) is 24.1 Å². The van der Waals surface area contributed by atoms with Crippen LogP contribution in [0.4, 0.5) is 0 Å². The summed E-state index contributed by atoms with van der Waals surface area (Å²) in [5.41, 5.74) is 0. The number of carbonyl (C=O) groups excluding carboxylic acids is 1. The summed E-state index contributed by atoms with van der Waals surface area (Å²) in [5, 5.41) is 0. The lowest BCUT2D eigenvalue weighted by atomic mass is 10.0. The fourth-order valence-corrected chi connectivity index (χ4v) is 7.87. The van der Waals surface area contributed by atoms with Crippen molar-refractivity contribution in [3.8, 4) is 0 Å². The van der Waals surface area contributed by atoms with Gasteiger partial charge >= 0.3 is 5.97 Å². The number of nitrogens with zero attached hydrogens (tertiary/aromatic N) is 1. The number of hydrogen-bond acceptors (Lipinski definition) is 7. The molecule has 2 unspecified atom stereocenters. The molecule has 0 aliphatic carbocycles. The Hall–Kier alpha value is -0.500. The van der Waals surface area contributed by atoms with Crippen LogP contribution in [0.15, 0.2) is 0 Å². The highest BCUT2D eigenvalue weighted by Crippen LogP contribution is 2.38. The number of phosphoric ester groups is 1. The molecule has 0 radical (unpaired) electrons. The van der Waals surface area contributed by atoms with E-state index in [1.807, 2.05) is 21.1 Å². The van der Waals surface area contributed by atoms with Crippen molar-refractivity contribution in [1.82, 2.24) is 0 Å². The van der Waals surface area contributed by atoms with E-state index in [2.05, 4.69) is 13.8 Å². The van der Waals surface area contributed by atoms with Gasteiger partial charge in [-0.05, 0) is 12.8 Å². The summed E-state index contributed by atoms with van der Waals surface area (Å²) in [6.07, 6.45) is 44.4. The van der Waals surface area contributed by atoms with Gasteiger partial charge in [0, 0.05) is 13.0 Å². The molecule has 2 atom stereocenters. The number of unbranched alkanes of at least 4 members (excludes halogenated alkanes) is 32. The second kappa shape index (κ2) is 41.2. The van der Waals surface area contributed by atoms with Crippen LogP contribution in [0.5, 0.6) is 0 Å². The molecule has 0 aliphatic rings. The summed E-state index contributed by atoms with van der Waals surface area (Å²) in [5.74, 6) is -0.333. The van der Waals surface area contributed by atoms with Crippen LogP contribution in [0, 0.1) is 0 Å². The van der Waals surface area contributed by atoms with Crippen molar-refractivity contribution < 1.29 is 37.3 Å². The Morgan fingerprint density at radius 2 is 0.821 bits per heavy atom. The third-order valence-electron chi connectivity index (χ3n) is 10.9. The molecule has 0 N–H and O–H groups in total. The minimum Gasteiger partial charge on any atom is -0.756 e. The molecule has 0 amide bonds. The van der Waals surface area contributed by atoms with Gasteiger partial charge in [0.05, 0.1) is 34.4 Å². The van der Waals surface area contributed by atoms with Gasteiger partial charge in [0.1, 0.15) is 19.3 Å². The maximum absolute atomic E-state index is 12.6. The van der Waals surface area contributed by atoms with Gasteiger partial charge in [-0.25, -0.2) is 0 Å². The van der Waals surface area contributed by atoms with E-state index >= 15 is 0 Å². The molecule has 0 saturated heterocycles. The zero-order chi connectivity index (χ0) is 41.3. The van der Waals surface area contributed by atoms with Crippen LogP contribution in [0.2, 0.25) is 0 Å². The molecule has 8 nitrogen and oxygen atoms in total. The summed E-state index contributed by atoms with van der Waals surface area (Å²) in [7, 11) is 1.37. The number of likely N-dealkylation sites (N-methyl/N-ethyl adjacent to an activating group) is 1. The second-order valence-electron chi connectivity index (χ2n) is 17.8. The van der Waals surface area contributed by atoms with Crippen molar-refractivity contribution in [1.29, 1.82) is 0 Å². The molecule has 56 heavy (non-hydrogen) atoms. The first kappa shape index (κ1) is 55.5. The Labute approximate surface area is 348 Å². The number of rotatable bonds is 46. The van der Waals surface area contributed by atoms with E-state index in [4.69, 9.17) is 18.5 Å². The van der Waals surface area contributed by atoms with E-state index in [1.54, 1.807) is 0 Å². The molecular weight excluding hydrogens is 721 g/mol. The molecular formula is C47H96NO7P. The topological polar surface area (TPSA) is 94.1 Å². The third kappa shape index (κ3) is 44.6. The van der Waals surface area contributed by atoms with Gasteiger partial charge in [-0.1, -0.05) is 219 Å². The van der Waals surface area contributed by atoms with Crippen LogP contribution in [0.1, 0.15) is 239 Å². The Morgan fingerprint density at radius 1 is 0.482 bits per heavy atom. The van der Waals surface area contributed by atoms with Crippen LogP contribution in [-0.2, 0) is 27.9 Å². The summed E-state index contributed by atoms with van der Waals surface area (Å²) in [4.78, 5) is 24.9. The molecule has 0 aliphatic heterocycles. The lowest BCUT2D eigenvalue weighted by Gasteiger charge is -2.28. The number of phosphoric acid groups is 1. The number of ether oxygens (including phenoxy) is 2. The molecule has 0 bridgehead atoms. The Kier molecular flexibility index (Phi) is 40.9. The third-order valence-corrected chi connectivity index (χ3v) is 11.9. The van der Waals surface area contributed by atoms with Gasteiger partial charge < -0.3 is 27.9 Å². The van der Waals surface area contributed by atoms with Gasteiger partial charge in [0.25, 0.3) is 7.82 Å². The largest absolute Gasteiger partial charge is 0.756 e. The van der Waals surface area contributed by atoms with Gasteiger partial charge in [-0.15, -0.1) is 0 Å². The lowest BCUT2D eigenvalue weighted by molar-refractivity contribution is -0.870. The summed E-state index contributed by atoms with van der Waals surface area (Å²) < 4.78 is 34.5. The number of carbonyl (C=O) groups is 1. The van der Waals surface area contributed by atoms with E-state index in [-0.39, 0.29) is 25.8 Å². The first-order valence-corrected chi connectivity index (χ1v) is 25.7. The highest BCUT2D eigenvalue weighted by Gasteiger charge is 2.20. The minimum atomic E-state index is -4.51. The van der Waals surface area contributed by atoms with Crippen LogP contribution in [-0.4, -0.2) is 70.7 Å². The maximum atomic E-state index is 12.6. The van der Waals surface area contributed by atoms with Gasteiger partial charge in [0.2, 0.25) is 0 Å². The summed E-state index contributed by atoms with van der Waals surface area (Å²) in [6.45, 7) is 5.44. The van der Waals surface area contributed by atoms with Crippen molar-refractivity contribution in [3.63, 3.8) is 0 Å². The zero-order valence-corrected chi connectivity index (χ0v) is 39.0. The molecule has 9 heteroatoms. The van der Waals surface area contributed by atoms with Gasteiger partial charge in [-0.3, -0.25) is 9.36 Å². The molecule has 0 spiro atoms. The monoisotopic (exact) mass is 818 g/mol. The van der Waals surface area contributed by atoms with E-state index in [1.165, 1.54) is 186 Å². The Bertz CT molecular complexity index is 868. The first-order valence-electron chi connectivity index (χ1n) is 24.3. The predicted octanol–water partition coefficient (Wildman–Crippen LogP) is 13.8. The minimum absolute atomic E-state index is 0.0310. The van der Waals surface area contributed by atoms with Crippen LogP contribution in [0.25, 0.3) is 0 Å². The van der Waals surface area contributed by atoms with E-state index in [9.17, 15) is 14.3 Å². The fourth-order valence-electron chi connectivity index (χ4n) is 7.14. The Morgan fingerprint density at radius 3 is 1.18 bits per heavy atom. The number of hydrogen-bond donors (Lipinski definition) is 0. The van der Waals surface area contributed by atoms with Gasteiger partial charge in [0.15, 0.2) is 0 Å². The number of quaternary nitrogens is 1. The van der Waals surface area contributed by atoms with Crippen molar-refractivity contribution >= 4 is 13.8 Å². The SMILES string of the molecule is CCCCCCCCCCCCCCCCCCCCCCCCCCCCOCC(COP(=O)([O-])OCC[N+](C)(C)C)OC(=O)CCCCCCCCCC. The first-order chi connectivity index (χ1) is 27.1. The predicted molar refractivity (Wildman–Crippen MR) is 236 cm³/mol. The molecule has 0 saturated carbocycles. The average molecular weight is 818 g/mol. The molecule has 0 aromatic rings. The van der Waals surface area contributed by atoms with E-state index < -0.39 is 13.9 Å². The fraction of sp³-hybridized carbons (Fsp3) is 0.979. The van der Waals surface area contributed by atoms with Crippen LogP contribution in [0.3, 0.4) is 0 Å². The second-order valence-corrected chi connectivity index (χ2v) is 19.3. The molecule has 0 aromatic carbocycles. The van der Waals surface area contributed by atoms with Crippen LogP contribution >= 0.6 is 7.82 Å². The van der Waals surface area contributed by atoms with E-state index in [0.717, 1.165) is 32.1 Å². The lowest BCUT2D eigenvalue weighted by Crippen LogP contribution is -2.37. The summed E-state index contributed by atoms with van der Waals surface area (Å²) in [6, 6.07) is 0.